The first-order valence-corrected chi connectivity index (χ1v) is 10.1. The van der Waals surface area contributed by atoms with Crippen LogP contribution in [0.4, 0.5) is 5.82 Å². The Morgan fingerprint density at radius 3 is 3.00 bits per heavy atom. The van der Waals surface area contributed by atoms with E-state index in [0.29, 0.717) is 24.1 Å². The Hall–Kier alpha value is -2.41. The second-order valence-electron chi connectivity index (χ2n) is 8.60. The molecule has 1 spiro atoms. The lowest BCUT2D eigenvalue weighted by molar-refractivity contribution is 0.0141. The van der Waals surface area contributed by atoms with Crippen LogP contribution in [0.3, 0.4) is 0 Å². The Labute approximate surface area is 165 Å². The van der Waals surface area contributed by atoms with Crippen LogP contribution < -0.4 is 10.2 Å². The van der Waals surface area contributed by atoms with Gasteiger partial charge in [-0.2, -0.15) is 0 Å². The maximum absolute atomic E-state index is 12.7. The third-order valence-corrected chi connectivity index (χ3v) is 6.84. The summed E-state index contributed by atoms with van der Waals surface area (Å²) in [5.74, 6) is 1.76. The Morgan fingerprint density at radius 2 is 2.25 bits per heavy atom. The van der Waals surface area contributed by atoms with Crippen LogP contribution in [0.25, 0.3) is 0 Å². The minimum Gasteiger partial charge on any atom is -0.369 e. The van der Waals surface area contributed by atoms with Gasteiger partial charge in [0.2, 0.25) is 0 Å². The number of amides is 1. The number of nitrogens with zero attached hydrogens (tertiary/aromatic N) is 4. The molecule has 0 saturated carbocycles. The summed E-state index contributed by atoms with van der Waals surface area (Å²) in [5, 5.41) is 3.15. The topological polar surface area (TPSA) is 72.3 Å². The number of nitrogens with one attached hydrogen (secondary N) is 1. The third-order valence-electron chi connectivity index (χ3n) is 6.84. The van der Waals surface area contributed by atoms with E-state index in [1.807, 2.05) is 26.2 Å². The molecule has 4 atom stereocenters. The van der Waals surface area contributed by atoms with E-state index in [1.165, 1.54) is 5.56 Å². The maximum atomic E-state index is 12.7. The minimum atomic E-state index is -0.0755. The van der Waals surface area contributed by atoms with Gasteiger partial charge in [-0.3, -0.25) is 4.79 Å². The second kappa shape index (κ2) is 6.30. The van der Waals surface area contributed by atoms with Gasteiger partial charge in [0.05, 0.1) is 23.7 Å². The number of carbonyl (C=O) groups excluding carboxylic acids is 1. The van der Waals surface area contributed by atoms with Crippen LogP contribution in [0.1, 0.15) is 34.6 Å². The lowest BCUT2D eigenvalue weighted by Crippen LogP contribution is -2.42. The summed E-state index contributed by atoms with van der Waals surface area (Å²) in [6.07, 6.45) is 6.00. The Morgan fingerprint density at radius 1 is 1.39 bits per heavy atom. The molecule has 3 fully saturated rings. The van der Waals surface area contributed by atoms with Crippen molar-refractivity contribution in [1.29, 1.82) is 0 Å². The summed E-state index contributed by atoms with van der Waals surface area (Å²) in [7, 11) is 1.86. The zero-order valence-corrected chi connectivity index (χ0v) is 16.7. The summed E-state index contributed by atoms with van der Waals surface area (Å²) in [6, 6.07) is 4.17. The first-order valence-electron chi connectivity index (χ1n) is 10.1. The van der Waals surface area contributed by atoms with E-state index < -0.39 is 0 Å². The quantitative estimate of drug-likeness (QED) is 0.875. The molecule has 0 radical (unpaired) electrons. The molecule has 1 N–H and O–H groups in total. The molecule has 148 valence electrons. The van der Waals surface area contributed by atoms with Crippen molar-refractivity contribution < 1.29 is 9.53 Å². The van der Waals surface area contributed by atoms with Crippen LogP contribution in [0.5, 0.6) is 0 Å². The van der Waals surface area contributed by atoms with Crippen molar-refractivity contribution in [3.8, 4) is 0 Å². The standard InChI is InChI=1S/C21H27N5O2/c1-13-5-7-22-18(8-13)26-10-16-15(17-4-6-21(16,11-26)28-17)9-23-20(27)19-14(2)24-12-25(19)3/h5,7-8,12,15-17H,4,6,9-11H2,1-3H3,(H,23,27)/t15-,16+,17+,21+/m0/s1. The SMILES string of the molecule is Cc1ccnc(N2C[C@@H]3[C@H](CNC(=O)c4c(C)ncn4C)[C@H]4CC[C@]3(C2)O4)c1. The highest BCUT2D eigenvalue weighted by Crippen LogP contribution is 2.55. The highest BCUT2D eigenvalue weighted by atomic mass is 16.5. The number of ether oxygens (including phenoxy) is 1. The molecule has 28 heavy (non-hydrogen) atoms. The summed E-state index contributed by atoms with van der Waals surface area (Å²) >= 11 is 0. The zero-order valence-electron chi connectivity index (χ0n) is 16.7. The van der Waals surface area contributed by atoms with Crippen LogP contribution in [0, 0.1) is 25.7 Å². The van der Waals surface area contributed by atoms with Crippen molar-refractivity contribution in [3.63, 3.8) is 0 Å². The second-order valence-corrected chi connectivity index (χ2v) is 8.60. The number of aryl methyl sites for hydroxylation is 3. The number of hydrogen-bond donors (Lipinski definition) is 1. The van der Waals surface area contributed by atoms with E-state index in [4.69, 9.17) is 4.74 Å². The number of aromatic nitrogens is 3. The van der Waals surface area contributed by atoms with Crippen LogP contribution >= 0.6 is 0 Å². The molecule has 3 aliphatic rings. The fourth-order valence-corrected chi connectivity index (χ4v) is 5.50. The molecule has 7 nitrogen and oxygen atoms in total. The van der Waals surface area contributed by atoms with Gasteiger partial charge in [-0.05, 0) is 44.4 Å². The third kappa shape index (κ3) is 2.64. The highest BCUT2D eigenvalue weighted by Gasteiger charge is 2.63. The largest absolute Gasteiger partial charge is 0.369 e. The molecule has 0 aliphatic carbocycles. The fourth-order valence-electron chi connectivity index (χ4n) is 5.50. The molecule has 3 saturated heterocycles. The molecule has 2 bridgehead atoms. The molecule has 3 aliphatic heterocycles. The normalized spacial score (nSPS) is 30.7. The van der Waals surface area contributed by atoms with Gasteiger partial charge < -0.3 is 19.5 Å². The predicted octanol–water partition coefficient (Wildman–Crippen LogP) is 1.85. The summed E-state index contributed by atoms with van der Waals surface area (Å²) in [4.78, 5) is 23.8. The first kappa shape index (κ1) is 17.7. The van der Waals surface area contributed by atoms with Gasteiger partial charge in [-0.25, -0.2) is 9.97 Å². The summed E-state index contributed by atoms with van der Waals surface area (Å²) in [5.41, 5.74) is 2.54. The number of anilines is 1. The van der Waals surface area contributed by atoms with E-state index >= 15 is 0 Å². The molecular formula is C21H27N5O2. The molecule has 0 aromatic carbocycles. The van der Waals surface area contributed by atoms with Crippen molar-refractivity contribution in [2.45, 2.75) is 38.4 Å². The average Bonchev–Trinajstić information content (AvgIpc) is 3.39. The van der Waals surface area contributed by atoms with Gasteiger partial charge in [0.1, 0.15) is 11.5 Å². The molecule has 2 aromatic heterocycles. The first-order chi connectivity index (χ1) is 13.5. The Bertz CT molecular complexity index is 906. The number of imidazole rings is 1. The number of pyridine rings is 1. The predicted molar refractivity (Wildman–Crippen MR) is 105 cm³/mol. The van der Waals surface area contributed by atoms with Crippen molar-refractivity contribution in [2.75, 3.05) is 24.5 Å². The van der Waals surface area contributed by atoms with Crippen molar-refractivity contribution >= 4 is 11.7 Å². The minimum absolute atomic E-state index is 0.0514. The molecule has 2 aromatic rings. The smallest absolute Gasteiger partial charge is 0.269 e. The van der Waals surface area contributed by atoms with E-state index in [0.717, 1.165) is 37.4 Å². The number of carbonyl (C=O) groups is 1. The highest BCUT2D eigenvalue weighted by molar-refractivity contribution is 5.93. The number of rotatable bonds is 4. The number of fused-ring (bicyclic) bond motifs is 1. The number of hydrogen-bond acceptors (Lipinski definition) is 5. The monoisotopic (exact) mass is 381 g/mol. The fraction of sp³-hybridized carbons (Fsp3) is 0.571. The van der Waals surface area contributed by atoms with Gasteiger partial charge in [-0.15, -0.1) is 0 Å². The molecule has 5 rings (SSSR count). The van der Waals surface area contributed by atoms with Gasteiger partial charge in [0.15, 0.2) is 0 Å². The van der Waals surface area contributed by atoms with Crippen LogP contribution in [0.15, 0.2) is 24.7 Å². The maximum Gasteiger partial charge on any atom is 0.269 e. The Balaban J connectivity index is 1.31. The average molecular weight is 381 g/mol. The van der Waals surface area contributed by atoms with Crippen LogP contribution in [-0.2, 0) is 11.8 Å². The Kier molecular flexibility index (Phi) is 3.98. The summed E-state index contributed by atoms with van der Waals surface area (Å²) < 4.78 is 8.29. The van der Waals surface area contributed by atoms with Crippen molar-refractivity contribution in [3.05, 3.63) is 41.6 Å². The van der Waals surface area contributed by atoms with Gasteiger partial charge in [-0.1, -0.05) is 0 Å². The van der Waals surface area contributed by atoms with Crippen LogP contribution in [-0.4, -0.2) is 51.8 Å². The zero-order chi connectivity index (χ0) is 19.5. The molecule has 1 amide bonds. The lowest BCUT2D eigenvalue weighted by Gasteiger charge is -2.29. The van der Waals surface area contributed by atoms with Gasteiger partial charge in [0.25, 0.3) is 5.91 Å². The molecule has 0 unspecified atom stereocenters. The van der Waals surface area contributed by atoms with Crippen LogP contribution in [0.2, 0.25) is 0 Å². The van der Waals surface area contributed by atoms with Crippen molar-refractivity contribution in [2.24, 2.45) is 18.9 Å². The molecular weight excluding hydrogens is 354 g/mol. The van der Waals surface area contributed by atoms with E-state index in [-0.39, 0.29) is 17.6 Å². The lowest BCUT2D eigenvalue weighted by atomic mass is 9.73. The van der Waals surface area contributed by atoms with E-state index in [2.05, 4.69) is 33.2 Å². The van der Waals surface area contributed by atoms with E-state index in [1.54, 1.807) is 10.9 Å². The van der Waals surface area contributed by atoms with Gasteiger partial charge >= 0.3 is 0 Å². The molecule has 5 heterocycles. The molecule has 7 heteroatoms. The van der Waals surface area contributed by atoms with E-state index in [9.17, 15) is 4.79 Å². The van der Waals surface area contributed by atoms with Gasteiger partial charge in [0, 0.05) is 44.7 Å². The van der Waals surface area contributed by atoms with Crippen molar-refractivity contribution in [1.82, 2.24) is 19.9 Å². The summed E-state index contributed by atoms with van der Waals surface area (Å²) in [6.45, 7) is 6.46.